The van der Waals surface area contributed by atoms with Crippen LogP contribution in [-0.4, -0.2) is 5.91 Å². The lowest BCUT2D eigenvalue weighted by Gasteiger charge is -2.02. The summed E-state index contributed by atoms with van der Waals surface area (Å²) >= 11 is 0. The van der Waals surface area contributed by atoms with E-state index in [-0.39, 0.29) is 18.1 Å². The Morgan fingerprint density at radius 1 is 1.43 bits per heavy atom. The molecule has 0 spiro atoms. The van der Waals surface area contributed by atoms with Crippen LogP contribution in [0.5, 0.6) is 0 Å². The summed E-state index contributed by atoms with van der Waals surface area (Å²) in [7, 11) is 0. The highest BCUT2D eigenvalue weighted by molar-refractivity contribution is 5.90. The number of hydrogen-bond donors (Lipinski definition) is 1. The van der Waals surface area contributed by atoms with Crippen LogP contribution in [0, 0.1) is 18.2 Å². The van der Waals surface area contributed by atoms with Crippen LogP contribution < -0.4 is 5.32 Å². The van der Waals surface area contributed by atoms with Gasteiger partial charge < -0.3 is 5.32 Å². The number of carbonyl (C=O) groups excluding carboxylic acids is 1. The Labute approximate surface area is 82.1 Å². The largest absolute Gasteiger partial charge is 0.326 e. The number of anilines is 1. The summed E-state index contributed by atoms with van der Waals surface area (Å²) in [6.45, 7) is 0. The molecule has 0 saturated heterocycles. The number of carbonyl (C=O) groups is 1. The average Bonchev–Trinajstić information content (AvgIpc) is 2.18. The van der Waals surface area contributed by atoms with Crippen LogP contribution >= 0.6 is 0 Å². The van der Waals surface area contributed by atoms with Gasteiger partial charge in [0.2, 0.25) is 5.91 Å². The van der Waals surface area contributed by atoms with E-state index < -0.39 is 0 Å². The first-order valence-corrected chi connectivity index (χ1v) is 4.21. The van der Waals surface area contributed by atoms with Gasteiger partial charge in [-0.2, -0.15) is 0 Å². The lowest BCUT2D eigenvalue weighted by atomic mass is 10.2. The second-order valence-electron chi connectivity index (χ2n) is 2.76. The third-order valence-corrected chi connectivity index (χ3v) is 1.62. The number of halogens is 1. The first kappa shape index (κ1) is 10.3. The minimum Gasteiger partial charge on any atom is -0.326 e. The summed E-state index contributed by atoms with van der Waals surface area (Å²) in [5.74, 6) is 1.89. The van der Waals surface area contributed by atoms with Crippen molar-refractivity contribution in [3.8, 4) is 12.3 Å². The fourth-order valence-electron chi connectivity index (χ4n) is 0.942. The molecule has 0 saturated carbocycles. The number of rotatable bonds is 3. The standard InChI is InChI=1S/C11H10FNO/c1-2-3-4-11(14)13-10-7-5-9(12)6-8-10/h1,5-8H,3-4H2,(H,13,14). The third kappa shape index (κ3) is 3.28. The van der Waals surface area contributed by atoms with E-state index in [4.69, 9.17) is 6.42 Å². The Morgan fingerprint density at radius 2 is 2.07 bits per heavy atom. The first-order chi connectivity index (χ1) is 6.72. The van der Waals surface area contributed by atoms with Crippen molar-refractivity contribution in [3.05, 3.63) is 30.1 Å². The summed E-state index contributed by atoms with van der Waals surface area (Å²) in [6, 6.07) is 5.58. The Morgan fingerprint density at radius 3 is 2.64 bits per heavy atom. The molecular formula is C11H10FNO. The maximum atomic E-state index is 12.5. The van der Waals surface area contributed by atoms with Gasteiger partial charge in [0.05, 0.1) is 0 Å². The van der Waals surface area contributed by atoms with Crippen molar-refractivity contribution in [2.45, 2.75) is 12.8 Å². The monoisotopic (exact) mass is 191 g/mol. The van der Waals surface area contributed by atoms with E-state index in [0.29, 0.717) is 12.1 Å². The third-order valence-electron chi connectivity index (χ3n) is 1.62. The molecule has 0 bridgehead atoms. The minimum absolute atomic E-state index is 0.158. The minimum atomic E-state index is -0.327. The van der Waals surface area contributed by atoms with Gasteiger partial charge in [0.25, 0.3) is 0 Å². The molecule has 1 rings (SSSR count). The van der Waals surface area contributed by atoms with Crippen molar-refractivity contribution in [1.29, 1.82) is 0 Å². The Hall–Kier alpha value is -1.82. The predicted molar refractivity (Wildman–Crippen MR) is 53.1 cm³/mol. The fraction of sp³-hybridized carbons (Fsp3) is 0.182. The summed E-state index contributed by atoms with van der Waals surface area (Å²) in [5.41, 5.74) is 0.577. The molecule has 0 aliphatic carbocycles. The van der Waals surface area contributed by atoms with Gasteiger partial charge in [0, 0.05) is 18.5 Å². The van der Waals surface area contributed by atoms with Crippen molar-refractivity contribution in [2.75, 3.05) is 5.32 Å². The van der Waals surface area contributed by atoms with E-state index in [2.05, 4.69) is 11.2 Å². The molecule has 2 nitrogen and oxygen atoms in total. The molecule has 72 valence electrons. The summed E-state index contributed by atoms with van der Waals surface area (Å²) in [5, 5.41) is 2.60. The number of terminal acetylenes is 1. The molecule has 1 aromatic rings. The van der Waals surface area contributed by atoms with Crippen LogP contribution in [0.15, 0.2) is 24.3 Å². The second-order valence-corrected chi connectivity index (χ2v) is 2.76. The van der Waals surface area contributed by atoms with Crippen molar-refractivity contribution in [3.63, 3.8) is 0 Å². The Kier molecular flexibility index (Phi) is 3.69. The number of benzene rings is 1. The molecule has 0 atom stereocenters. The maximum Gasteiger partial charge on any atom is 0.225 e. The van der Waals surface area contributed by atoms with Crippen LogP contribution in [0.2, 0.25) is 0 Å². The molecular weight excluding hydrogens is 181 g/mol. The highest BCUT2D eigenvalue weighted by Gasteiger charge is 2.00. The zero-order chi connectivity index (χ0) is 10.4. The molecule has 3 heteroatoms. The van der Waals surface area contributed by atoms with E-state index in [9.17, 15) is 9.18 Å². The lowest BCUT2D eigenvalue weighted by molar-refractivity contribution is -0.116. The van der Waals surface area contributed by atoms with Crippen LogP contribution in [0.3, 0.4) is 0 Å². The van der Waals surface area contributed by atoms with Gasteiger partial charge in [-0.1, -0.05) is 0 Å². The molecule has 0 heterocycles. The van der Waals surface area contributed by atoms with Gasteiger partial charge in [0.15, 0.2) is 0 Å². The van der Waals surface area contributed by atoms with Crippen LogP contribution in [-0.2, 0) is 4.79 Å². The molecule has 0 unspecified atom stereocenters. The fourth-order valence-corrected chi connectivity index (χ4v) is 0.942. The number of amides is 1. The zero-order valence-corrected chi connectivity index (χ0v) is 7.59. The van der Waals surface area contributed by atoms with E-state index >= 15 is 0 Å². The molecule has 0 aliphatic heterocycles. The lowest BCUT2D eigenvalue weighted by Crippen LogP contribution is -2.10. The molecule has 0 aromatic heterocycles. The van der Waals surface area contributed by atoms with Crippen LogP contribution in [0.4, 0.5) is 10.1 Å². The van der Waals surface area contributed by atoms with E-state index in [1.807, 2.05) is 0 Å². The van der Waals surface area contributed by atoms with Gasteiger partial charge in [-0.3, -0.25) is 4.79 Å². The van der Waals surface area contributed by atoms with Gasteiger partial charge in [-0.15, -0.1) is 12.3 Å². The highest BCUT2D eigenvalue weighted by atomic mass is 19.1. The summed E-state index contributed by atoms with van der Waals surface area (Å²) < 4.78 is 12.5. The van der Waals surface area contributed by atoms with Crippen molar-refractivity contribution < 1.29 is 9.18 Å². The van der Waals surface area contributed by atoms with Crippen LogP contribution in [0.25, 0.3) is 0 Å². The highest BCUT2D eigenvalue weighted by Crippen LogP contribution is 2.08. The van der Waals surface area contributed by atoms with Gasteiger partial charge >= 0.3 is 0 Å². The second kappa shape index (κ2) is 5.03. The number of nitrogens with one attached hydrogen (secondary N) is 1. The molecule has 1 amide bonds. The summed E-state index contributed by atoms with van der Waals surface area (Å²) in [4.78, 5) is 11.2. The van der Waals surface area contributed by atoms with E-state index in [0.717, 1.165) is 0 Å². The normalized spacial score (nSPS) is 9.14. The first-order valence-electron chi connectivity index (χ1n) is 4.21. The van der Waals surface area contributed by atoms with Gasteiger partial charge in [-0.25, -0.2) is 4.39 Å². The molecule has 0 fully saturated rings. The van der Waals surface area contributed by atoms with Gasteiger partial charge in [-0.05, 0) is 24.3 Å². The molecule has 1 N–H and O–H groups in total. The van der Waals surface area contributed by atoms with Crippen molar-refractivity contribution >= 4 is 11.6 Å². The zero-order valence-electron chi connectivity index (χ0n) is 7.59. The van der Waals surface area contributed by atoms with Gasteiger partial charge in [0.1, 0.15) is 5.82 Å². The molecule has 1 aromatic carbocycles. The van der Waals surface area contributed by atoms with E-state index in [1.165, 1.54) is 24.3 Å². The smallest absolute Gasteiger partial charge is 0.225 e. The average molecular weight is 191 g/mol. The molecule has 0 radical (unpaired) electrons. The predicted octanol–water partition coefficient (Wildman–Crippen LogP) is 2.18. The SMILES string of the molecule is C#CCCC(=O)Nc1ccc(F)cc1. The topological polar surface area (TPSA) is 29.1 Å². The Balaban J connectivity index is 2.49. The van der Waals surface area contributed by atoms with Crippen molar-refractivity contribution in [1.82, 2.24) is 0 Å². The van der Waals surface area contributed by atoms with E-state index in [1.54, 1.807) is 0 Å². The maximum absolute atomic E-state index is 12.5. The molecule has 0 aliphatic rings. The van der Waals surface area contributed by atoms with Crippen LogP contribution in [0.1, 0.15) is 12.8 Å². The molecule has 14 heavy (non-hydrogen) atoms. The number of hydrogen-bond acceptors (Lipinski definition) is 1. The Bertz CT molecular complexity index is 351. The van der Waals surface area contributed by atoms with Crippen molar-refractivity contribution in [2.24, 2.45) is 0 Å². The quantitative estimate of drug-likeness (QED) is 0.729. The summed E-state index contributed by atoms with van der Waals surface area (Å²) in [6.07, 6.45) is 5.71.